The molecular weight excluding hydrogens is 194 g/mol. The fourth-order valence-corrected chi connectivity index (χ4v) is 1.33. The first-order valence-electron chi connectivity index (χ1n) is 5.11. The minimum Gasteiger partial charge on any atom is -0.389 e. The molecule has 15 heavy (non-hydrogen) atoms. The Balaban J connectivity index is 2.69. The van der Waals surface area contributed by atoms with E-state index in [9.17, 15) is 10.2 Å². The molecule has 5 heteroatoms. The van der Waals surface area contributed by atoms with E-state index in [2.05, 4.69) is 10.4 Å². The highest BCUT2D eigenvalue weighted by atomic mass is 16.3. The van der Waals surface area contributed by atoms with Crippen molar-refractivity contribution in [2.24, 2.45) is 0 Å². The van der Waals surface area contributed by atoms with Gasteiger partial charge in [0.2, 0.25) is 0 Å². The number of rotatable bonds is 5. The molecule has 0 bridgehead atoms. The van der Waals surface area contributed by atoms with Crippen molar-refractivity contribution >= 4 is 0 Å². The average molecular weight is 213 g/mol. The summed E-state index contributed by atoms with van der Waals surface area (Å²) in [7, 11) is 1.73. The maximum absolute atomic E-state index is 9.77. The molecule has 0 aliphatic heterocycles. The molecule has 1 rings (SSSR count). The van der Waals surface area contributed by atoms with Crippen LogP contribution in [0.25, 0.3) is 0 Å². The second kappa shape index (κ2) is 5.25. The Morgan fingerprint density at radius 3 is 2.60 bits per heavy atom. The van der Waals surface area contributed by atoms with Gasteiger partial charge in [0.25, 0.3) is 0 Å². The van der Waals surface area contributed by atoms with Crippen LogP contribution in [0.2, 0.25) is 0 Å². The summed E-state index contributed by atoms with van der Waals surface area (Å²) in [5.74, 6) is 0. The maximum Gasteiger partial charge on any atom is 0.109 e. The first-order chi connectivity index (χ1) is 7.06. The zero-order valence-electron chi connectivity index (χ0n) is 9.38. The summed E-state index contributed by atoms with van der Waals surface area (Å²) in [5, 5.41) is 26.3. The highest BCUT2D eigenvalue weighted by Crippen LogP contribution is 2.17. The summed E-state index contributed by atoms with van der Waals surface area (Å²) >= 11 is 0. The number of nitrogens with one attached hydrogen (secondary N) is 1. The molecule has 1 aromatic rings. The third-order valence-corrected chi connectivity index (χ3v) is 2.27. The number of aliphatic hydroxyl groups is 2. The van der Waals surface area contributed by atoms with Gasteiger partial charge >= 0.3 is 0 Å². The molecule has 2 unspecified atom stereocenters. The molecular formula is C10H19N3O2. The van der Waals surface area contributed by atoms with Crippen molar-refractivity contribution in [2.75, 3.05) is 13.6 Å². The van der Waals surface area contributed by atoms with E-state index in [0.29, 0.717) is 12.1 Å². The van der Waals surface area contributed by atoms with Crippen LogP contribution in [0.3, 0.4) is 0 Å². The standard InChI is InChI=1S/C10H19N3O2/c1-7(2)13-6-8(4-12-13)10(15)9(14)5-11-3/h4,6-7,9-11,14-15H,5H2,1-3H3. The Morgan fingerprint density at radius 1 is 1.47 bits per heavy atom. The molecule has 0 radical (unpaired) electrons. The fourth-order valence-electron chi connectivity index (χ4n) is 1.33. The van der Waals surface area contributed by atoms with Crippen LogP contribution in [0.1, 0.15) is 31.6 Å². The third-order valence-electron chi connectivity index (χ3n) is 2.27. The van der Waals surface area contributed by atoms with Crippen molar-refractivity contribution in [1.82, 2.24) is 15.1 Å². The van der Waals surface area contributed by atoms with Crippen LogP contribution in [-0.2, 0) is 0 Å². The fraction of sp³-hybridized carbons (Fsp3) is 0.700. The lowest BCUT2D eigenvalue weighted by molar-refractivity contribution is 0.0202. The van der Waals surface area contributed by atoms with E-state index in [-0.39, 0.29) is 6.04 Å². The lowest BCUT2D eigenvalue weighted by atomic mass is 10.1. The molecule has 2 atom stereocenters. The normalized spacial score (nSPS) is 15.6. The number of nitrogens with zero attached hydrogens (tertiary/aromatic N) is 2. The second-order valence-electron chi connectivity index (χ2n) is 3.92. The van der Waals surface area contributed by atoms with E-state index in [0.717, 1.165) is 0 Å². The molecule has 0 saturated heterocycles. The lowest BCUT2D eigenvalue weighted by Gasteiger charge is -2.15. The first-order valence-corrected chi connectivity index (χ1v) is 5.11. The van der Waals surface area contributed by atoms with Crippen LogP contribution in [0.5, 0.6) is 0 Å². The van der Waals surface area contributed by atoms with Crippen LogP contribution in [0.15, 0.2) is 12.4 Å². The first kappa shape index (κ1) is 12.2. The quantitative estimate of drug-likeness (QED) is 0.647. The SMILES string of the molecule is CNCC(O)C(O)c1cnn(C(C)C)c1. The summed E-state index contributed by atoms with van der Waals surface area (Å²) in [5.41, 5.74) is 0.645. The molecule has 1 heterocycles. The number of aliphatic hydroxyl groups excluding tert-OH is 2. The van der Waals surface area contributed by atoms with Gasteiger partial charge in [-0.05, 0) is 20.9 Å². The van der Waals surface area contributed by atoms with Crippen LogP contribution < -0.4 is 5.32 Å². The van der Waals surface area contributed by atoms with E-state index in [1.165, 1.54) is 0 Å². The Kier molecular flexibility index (Phi) is 4.26. The van der Waals surface area contributed by atoms with Crippen LogP contribution >= 0.6 is 0 Å². The van der Waals surface area contributed by atoms with Gasteiger partial charge in [-0.25, -0.2) is 0 Å². The Morgan fingerprint density at radius 2 is 2.13 bits per heavy atom. The molecule has 1 aromatic heterocycles. The van der Waals surface area contributed by atoms with Crippen LogP contribution in [0.4, 0.5) is 0 Å². The topological polar surface area (TPSA) is 70.3 Å². The van der Waals surface area contributed by atoms with E-state index < -0.39 is 12.2 Å². The minimum atomic E-state index is -0.884. The van der Waals surface area contributed by atoms with E-state index in [1.54, 1.807) is 24.1 Å². The lowest BCUT2D eigenvalue weighted by Crippen LogP contribution is -2.29. The molecule has 5 nitrogen and oxygen atoms in total. The predicted molar refractivity (Wildman–Crippen MR) is 57.5 cm³/mol. The summed E-state index contributed by atoms with van der Waals surface area (Å²) in [6, 6.07) is 0.257. The molecule has 0 spiro atoms. The summed E-state index contributed by atoms with van der Waals surface area (Å²) < 4.78 is 1.75. The highest BCUT2D eigenvalue weighted by Gasteiger charge is 2.19. The molecule has 3 N–H and O–H groups in total. The zero-order chi connectivity index (χ0) is 11.4. The Hall–Kier alpha value is -0.910. The van der Waals surface area contributed by atoms with Crippen molar-refractivity contribution in [3.05, 3.63) is 18.0 Å². The number of hydrogen-bond donors (Lipinski definition) is 3. The second-order valence-corrected chi connectivity index (χ2v) is 3.92. The average Bonchev–Trinajstić information content (AvgIpc) is 2.65. The highest BCUT2D eigenvalue weighted by molar-refractivity contribution is 5.10. The summed E-state index contributed by atoms with van der Waals surface area (Å²) in [6.45, 7) is 4.37. The largest absolute Gasteiger partial charge is 0.389 e. The number of hydrogen-bond acceptors (Lipinski definition) is 4. The van der Waals surface area contributed by atoms with Gasteiger partial charge in [0.1, 0.15) is 6.10 Å². The van der Waals surface area contributed by atoms with Crippen LogP contribution in [0, 0.1) is 0 Å². The van der Waals surface area contributed by atoms with Gasteiger partial charge < -0.3 is 15.5 Å². The van der Waals surface area contributed by atoms with Crippen molar-refractivity contribution in [3.8, 4) is 0 Å². The van der Waals surface area contributed by atoms with Gasteiger partial charge in [0.05, 0.1) is 12.3 Å². The molecule has 86 valence electrons. The van der Waals surface area contributed by atoms with Gasteiger partial charge in [-0.3, -0.25) is 4.68 Å². The van der Waals surface area contributed by atoms with Crippen molar-refractivity contribution in [3.63, 3.8) is 0 Å². The van der Waals surface area contributed by atoms with Crippen molar-refractivity contribution < 1.29 is 10.2 Å². The Labute approximate surface area is 89.7 Å². The summed E-state index contributed by atoms with van der Waals surface area (Å²) in [4.78, 5) is 0. The molecule has 0 fully saturated rings. The van der Waals surface area contributed by atoms with E-state index in [1.807, 2.05) is 13.8 Å². The van der Waals surface area contributed by atoms with Gasteiger partial charge in [-0.1, -0.05) is 0 Å². The van der Waals surface area contributed by atoms with E-state index in [4.69, 9.17) is 0 Å². The predicted octanol–water partition coefficient (Wildman–Crippen LogP) is 0.0777. The monoisotopic (exact) mass is 213 g/mol. The van der Waals surface area contributed by atoms with Gasteiger partial charge in [0.15, 0.2) is 0 Å². The van der Waals surface area contributed by atoms with Gasteiger partial charge in [-0.15, -0.1) is 0 Å². The number of aromatic nitrogens is 2. The third kappa shape index (κ3) is 3.02. The van der Waals surface area contributed by atoms with Crippen molar-refractivity contribution in [2.45, 2.75) is 32.1 Å². The van der Waals surface area contributed by atoms with Gasteiger partial charge in [0, 0.05) is 24.3 Å². The molecule has 0 amide bonds. The van der Waals surface area contributed by atoms with E-state index >= 15 is 0 Å². The molecule has 0 aromatic carbocycles. The Bertz CT molecular complexity index is 299. The van der Waals surface area contributed by atoms with Crippen LogP contribution in [-0.4, -0.2) is 39.7 Å². The molecule has 0 saturated carbocycles. The molecule has 0 aliphatic rings. The molecule has 0 aliphatic carbocycles. The smallest absolute Gasteiger partial charge is 0.109 e. The zero-order valence-corrected chi connectivity index (χ0v) is 9.38. The van der Waals surface area contributed by atoms with Gasteiger partial charge in [-0.2, -0.15) is 5.10 Å². The van der Waals surface area contributed by atoms with Crippen molar-refractivity contribution in [1.29, 1.82) is 0 Å². The number of likely N-dealkylation sites (N-methyl/N-ethyl adjacent to an activating group) is 1. The minimum absolute atomic E-state index is 0.257. The summed E-state index contributed by atoms with van der Waals surface area (Å²) in [6.07, 6.45) is 1.65. The maximum atomic E-state index is 9.77.